The van der Waals surface area contributed by atoms with Crippen molar-refractivity contribution in [2.24, 2.45) is 0 Å². The number of ketones is 1. The predicted molar refractivity (Wildman–Crippen MR) is 131 cm³/mol. The highest BCUT2D eigenvalue weighted by Gasteiger charge is 2.24. The first kappa shape index (κ1) is 23.5. The van der Waals surface area contributed by atoms with Crippen molar-refractivity contribution < 1.29 is 18.7 Å². The van der Waals surface area contributed by atoms with Crippen LogP contribution in [0.1, 0.15) is 33.6 Å². The third kappa shape index (κ3) is 6.42. The summed E-state index contributed by atoms with van der Waals surface area (Å²) in [5.41, 5.74) is 1.48. The maximum Gasteiger partial charge on any atom is 0.180 e. The molecule has 172 valence electrons. The van der Waals surface area contributed by atoms with E-state index >= 15 is 0 Å². The molecule has 3 aromatic rings. The zero-order chi connectivity index (χ0) is 23.0. The molecule has 1 aliphatic heterocycles. The van der Waals surface area contributed by atoms with Gasteiger partial charge in [0.1, 0.15) is 28.2 Å². The van der Waals surface area contributed by atoms with Crippen LogP contribution in [0.4, 0.5) is 4.39 Å². The number of rotatable bonds is 10. The minimum Gasteiger partial charge on any atom is -0.489 e. The Hall–Kier alpha value is -2.70. The maximum absolute atomic E-state index is 13.0. The van der Waals surface area contributed by atoms with Gasteiger partial charge in [0.2, 0.25) is 0 Å². The zero-order valence-corrected chi connectivity index (χ0v) is 19.9. The fourth-order valence-electron chi connectivity index (χ4n) is 3.90. The molecule has 1 fully saturated rings. The van der Waals surface area contributed by atoms with Crippen LogP contribution >= 0.6 is 15.9 Å². The number of nitrogens with zero attached hydrogens (tertiary/aromatic N) is 1. The second-order valence-electron chi connectivity index (χ2n) is 8.11. The molecule has 1 saturated heterocycles. The smallest absolute Gasteiger partial charge is 0.180 e. The van der Waals surface area contributed by atoms with Crippen LogP contribution in [0, 0.1) is 0 Å². The van der Waals surface area contributed by atoms with E-state index in [1.54, 1.807) is 12.1 Å². The summed E-state index contributed by atoms with van der Waals surface area (Å²) < 4.78 is 24.2. The lowest BCUT2D eigenvalue weighted by Gasteiger charge is -2.16. The monoisotopic (exact) mass is 511 g/mol. The van der Waals surface area contributed by atoms with Crippen LogP contribution in [0.5, 0.6) is 17.2 Å². The van der Waals surface area contributed by atoms with Crippen molar-refractivity contribution in [3.63, 3.8) is 0 Å². The van der Waals surface area contributed by atoms with Gasteiger partial charge < -0.3 is 9.47 Å². The second-order valence-corrected chi connectivity index (χ2v) is 9.02. The number of hydrogen-bond donors (Lipinski definition) is 0. The van der Waals surface area contributed by atoms with Crippen LogP contribution in [0.3, 0.4) is 0 Å². The lowest BCUT2D eigenvalue weighted by atomic mass is 10.0. The molecule has 4 rings (SSSR count). The van der Waals surface area contributed by atoms with Crippen molar-refractivity contribution in [1.82, 2.24) is 4.90 Å². The predicted octanol–water partition coefficient (Wildman–Crippen LogP) is 6.61. The molecule has 2 atom stereocenters. The van der Waals surface area contributed by atoms with Crippen molar-refractivity contribution in [1.29, 1.82) is 0 Å². The number of likely N-dealkylation sites (tertiary alicyclic amines) is 1. The molecule has 1 aliphatic rings. The van der Waals surface area contributed by atoms with Crippen molar-refractivity contribution >= 4 is 21.7 Å². The van der Waals surface area contributed by atoms with Gasteiger partial charge in [0.15, 0.2) is 5.78 Å². The van der Waals surface area contributed by atoms with Crippen LogP contribution in [0.15, 0.2) is 78.9 Å². The van der Waals surface area contributed by atoms with E-state index < -0.39 is 4.83 Å². The zero-order valence-electron chi connectivity index (χ0n) is 18.3. The number of halogens is 2. The molecule has 3 aromatic carbocycles. The van der Waals surface area contributed by atoms with E-state index in [0.29, 0.717) is 17.7 Å². The first-order valence-corrected chi connectivity index (χ1v) is 12.1. The van der Waals surface area contributed by atoms with E-state index in [0.717, 1.165) is 43.1 Å². The van der Waals surface area contributed by atoms with Gasteiger partial charge in [-0.05, 0) is 66.9 Å². The third-order valence-corrected chi connectivity index (χ3v) is 6.61. The highest BCUT2D eigenvalue weighted by molar-refractivity contribution is 9.09. The summed E-state index contributed by atoms with van der Waals surface area (Å²) in [6.07, 6.45) is 1.60. The molecule has 0 N–H and O–H groups in total. The van der Waals surface area contributed by atoms with Crippen LogP contribution in [-0.4, -0.2) is 43.1 Å². The molecule has 0 amide bonds. The molecule has 1 heterocycles. The molecular formula is C27H27BrFNO3. The summed E-state index contributed by atoms with van der Waals surface area (Å²) in [6, 6.07) is 24.4. The Morgan fingerprint density at radius 1 is 0.970 bits per heavy atom. The lowest BCUT2D eigenvalue weighted by molar-refractivity contribution is 0.0991. The molecule has 6 heteroatoms. The summed E-state index contributed by atoms with van der Waals surface area (Å²) in [4.78, 5) is 14.7. The largest absolute Gasteiger partial charge is 0.489 e. The molecular weight excluding hydrogens is 485 g/mol. The van der Waals surface area contributed by atoms with Crippen molar-refractivity contribution in [3.8, 4) is 17.2 Å². The normalized spacial score (nSPS) is 17.0. The molecule has 0 saturated carbocycles. The first-order chi connectivity index (χ1) is 16.1. The van der Waals surface area contributed by atoms with Crippen LogP contribution in [-0.2, 0) is 0 Å². The van der Waals surface area contributed by atoms with E-state index in [4.69, 9.17) is 9.47 Å². The van der Waals surface area contributed by atoms with Crippen LogP contribution < -0.4 is 9.47 Å². The van der Waals surface area contributed by atoms with E-state index in [1.807, 2.05) is 66.7 Å². The third-order valence-electron chi connectivity index (χ3n) is 5.66. The summed E-state index contributed by atoms with van der Waals surface area (Å²) in [7, 11) is 0. The van der Waals surface area contributed by atoms with E-state index in [2.05, 4.69) is 20.8 Å². The topological polar surface area (TPSA) is 38.8 Å². The number of benzene rings is 3. The Kier molecular flexibility index (Phi) is 8.13. The average Bonchev–Trinajstić information content (AvgIpc) is 3.30. The number of para-hydroxylation sites is 1. The van der Waals surface area contributed by atoms with E-state index in [1.165, 1.54) is 0 Å². The minimum absolute atomic E-state index is 0.0171. The molecule has 33 heavy (non-hydrogen) atoms. The fourth-order valence-corrected chi connectivity index (χ4v) is 4.47. The number of hydrogen-bond acceptors (Lipinski definition) is 4. The van der Waals surface area contributed by atoms with Gasteiger partial charge in [-0.25, -0.2) is 0 Å². The Bertz CT molecular complexity index is 1030. The van der Waals surface area contributed by atoms with E-state index in [-0.39, 0.29) is 18.6 Å². The van der Waals surface area contributed by atoms with Gasteiger partial charge in [-0.1, -0.05) is 46.3 Å². The highest BCUT2D eigenvalue weighted by Crippen LogP contribution is 2.30. The second kappa shape index (κ2) is 11.4. The summed E-state index contributed by atoms with van der Waals surface area (Å²) in [5.74, 6) is 2.21. The summed E-state index contributed by atoms with van der Waals surface area (Å²) in [6.45, 7) is 2.24. The molecule has 1 unspecified atom stereocenters. The fraction of sp³-hybridized carbons (Fsp3) is 0.296. The molecule has 0 aromatic heterocycles. The molecule has 0 radical (unpaired) electrons. The van der Waals surface area contributed by atoms with Crippen LogP contribution in [0.25, 0.3) is 0 Å². The molecule has 4 nitrogen and oxygen atoms in total. The number of ether oxygens (including phenoxy) is 2. The first-order valence-electron chi connectivity index (χ1n) is 11.2. The quantitative estimate of drug-likeness (QED) is 0.226. The van der Waals surface area contributed by atoms with Gasteiger partial charge in [0, 0.05) is 25.2 Å². The highest BCUT2D eigenvalue weighted by atomic mass is 79.9. The van der Waals surface area contributed by atoms with Gasteiger partial charge in [-0.3, -0.25) is 14.1 Å². The van der Waals surface area contributed by atoms with Gasteiger partial charge >= 0.3 is 0 Å². The molecule has 0 bridgehead atoms. The number of alkyl halides is 2. The van der Waals surface area contributed by atoms with Gasteiger partial charge in [0.05, 0.1) is 6.67 Å². The number of carbonyl (C=O) groups is 1. The Morgan fingerprint density at radius 3 is 2.33 bits per heavy atom. The molecule has 0 spiro atoms. The number of carbonyl (C=O) groups excluding carboxylic acids is 1. The average molecular weight is 512 g/mol. The van der Waals surface area contributed by atoms with E-state index in [9.17, 15) is 9.18 Å². The van der Waals surface area contributed by atoms with Gasteiger partial charge in [0.25, 0.3) is 0 Å². The van der Waals surface area contributed by atoms with Crippen LogP contribution in [0.2, 0.25) is 0 Å². The van der Waals surface area contributed by atoms with Gasteiger partial charge in [-0.15, -0.1) is 0 Å². The Balaban J connectivity index is 1.32. The lowest BCUT2D eigenvalue weighted by Crippen LogP contribution is -2.26. The standard InChI is InChI=1S/C27H27BrFNO3/c28-26(20-7-11-23(12-8-20)32-22-5-2-1-3-6-22)27(31)21-9-13-24(14-10-21)33-25-15-18-30(19-25)17-4-16-29/h1-3,5-14,25-26H,4,15-19H2/t25-,26?/m1/s1. The molecule has 0 aliphatic carbocycles. The Morgan fingerprint density at radius 2 is 1.64 bits per heavy atom. The van der Waals surface area contributed by atoms with Crippen molar-refractivity contribution in [2.45, 2.75) is 23.8 Å². The maximum atomic E-state index is 13.0. The van der Waals surface area contributed by atoms with Gasteiger partial charge in [-0.2, -0.15) is 0 Å². The van der Waals surface area contributed by atoms with Crippen molar-refractivity contribution in [3.05, 3.63) is 90.0 Å². The summed E-state index contributed by atoms with van der Waals surface area (Å²) in [5, 5.41) is 0. The van der Waals surface area contributed by atoms with Crippen molar-refractivity contribution in [2.75, 3.05) is 26.3 Å². The number of Topliss-reactive ketones (excluding diaryl/α,β-unsaturated/α-hetero) is 1. The Labute approximate surface area is 202 Å². The SMILES string of the molecule is O=C(c1ccc(O[C@@H]2CCN(CCCF)C2)cc1)C(Br)c1ccc(Oc2ccccc2)cc1. The minimum atomic E-state index is -0.450. The summed E-state index contributed by atoms with van der Waals surface area (Å²) >= 11 is 3.54.